The molecule has 3 nitrogen and oxygen atoms in total. The molecule has 2 rings (SSSR count). The van der Waals surface area contributed by atoms with Crippen LogP contribution in [0.1, 0.15) is 25.3 Å². The number of rotatable bonds is 6. The lowest BCUT2D eigenvalue weighted by atomic mass is 10.1. The van der Waals surface area contributed by atoms with Crippen LogP contribution >= 0.6 is 11.3 Å². The molecule has 0 spiro atoms. The molecule has 1 heterocycles. The maximum Gasteiger partial charge on any atom is 0.323 e. The third-order valence-electron chi connectivity index (χ3n) is 3.13. The molecule has 1 aliphatic rings. The number of hydrogen-bond acceptors (Lipinski definition) is 4. The van der Waals surface area contributed by atoms with E-state index in [1.807, 2.05) is 0 Å². The average Bonchev–Trinajstić information content (AvgIpc) is 3.04. The Morgan fingerprint density at radius 3 is 2.94 bits per heavy atom. The molecule has 0 aliphatic heterocycles. The van der Waals surface area contributed by atoms with Crippen LogP contribution in [0.25, 0.3) is 0 Å². The smallest absolute Gasteiger partial charge is 0.323 e. The Hall–Kier alpha value is -0.870. The topological polar surface area (TPSA) is 38.3 Å². The van der Waals surface area contributed by atoms with Gasteiger partial charge in [-0.1, -0.05) is 0 Å². The summed E-state index contributed by atoms with van der Waals surface area (Å²) in [4.78, 5) is 11.6. The predicted molar refractivity (Wildman–Crippen MR) is 69.1 cm³/mol. The molecule has 17 heavy (non-hydrogen) atoms. The number of hydrogen-bond donors (Lipinski definition) is 1. The number of thiophene rings is 1. The SMILES string of the molecule is COC(=O)C(NC(C)Cc1ccsc1)C1CC1. The van der Waals surface area contributed by atoms with Crippen molar-refractivity contribution >= 4 is 17.3 Å². The predicted octanol–water partition coefficient (Wildman–Crippen LogP) is 2.22. The molecule has 1 aliphatic carbocycles. The van der Waals surface area contributed by atoms with E-state index in [1.165, 1.54) is 12.7 Å². The Morgan fingerprint density at radius 1 is 1.65 bits per heavy atom. The van der Waals surface area contributed by atoms with Crippen LogP contribution in [0.15, 0.2) is 16.8 Å². The lowest BCUT2D eigenvalue weighted by molar-refractivity contribution is -0.143. The van der Waals surface area contributed by atoms with Gasteiger partial charge in [0.2, 0.25) is 0 Å². The largest absolute Gasteiger partial charge is 0.468 e. The molecule has 0 bridgehead atoms. The minimum absolute atomic E-state index is 0.117. The van der Waals surface area contributed by atoms with Crippen molar-refractivity contribution in [1.29, 1.82) is 0 Å². The van der Waals surface area contributed by atoms with E-state index in [0.29, 0.717) is 12.0 Å². The van der Waals surface area contributed by atoms with E-state index in [4.69, 9.17) is 4.74 Å². The molecular weight excluding hydrogens is 234 g/mol. The number of esters is 1. The highest BCUT2D eigenvalue weighted by Crippen LogP contribution is 2.33. The van der Waals surface area contributed by atoms with Gasteiger partial charge in [-0.15, -0.1) is 0 Å². The summed E-state index contributed by atoms with van der Waals surface area (Å²) >= 11 is 1.71. The zero-order valence-corrected chi connectivity index (χ0v) is 11.1. The summed E-state index contributed by atoms with van der Waals surface area (Å²) in [5.74, 6) is 0.358. The van der Waals surface area contributed by atoms with E-state index in [9.17, 15) is 4.79 Å². The van der Waals surface area contributed by atoms with Gasteiger partial charge in [-0.2, -0.15) is 11.3 Å². The standard InChI is InChI=1S/C13H19NO2S/c1-9(7-10-5-6-17-8-10)14-12(11-3-4-11)13(15)16-2/h5-6,8-9,11-12,14H,3-4,7H2,1-2H3. The monoisotopic (exact) mass is 253 g/mol. The average molecular weight is 253 g/mol. The van der Waals surface area contributed by atoms with Gasteiger partial charge in [0.25, 0.3) is 0 Å². The number of nitrogens with one attached hydrogen (secondary N) is 1. The fourth-order valence-corrected chi connectivity index (χ4v) is 2.76. The number of methoxy groups -OCH3 is 1. The highest BCUT2D eigenvalue weighted by Gasteiger charge is 2.37. The van der Waals surface area contributed by atoms with Gasteiger partial charge in [-0.05, 0) is 54.5 Å². The quantitative estimate of drug-likeness (QED) is 0.790. The molecule has 94 valence electrons. The molecule has 0 amide bonds. The maximum absolute atomic E-state index is 11.6. The van der Waals surface area contributed by atoms with E-state index in [2.05, 4.69) is 29.1 Å². The second-order valence-electron chi connectivity index (χ2n) is 4.74. The Kier molecular flexibility index (Phi) is 4.18. The molecule has 0 aromatic carbocycles. The van der Waals surface area contributed by atoms with Gasteiger partial charge < -0.3 is 10.1 Å². The third kappa shape index (κ3) is 3.54. The zero-order valence-electron chi connectivity index (χ0n) is 10.3. The highest BCUT2D eigenvalue weighted by molar-refractivity contribution is 7.07. The molecule has 0 saturated heterocycles. The normalized spacial score (nSPS) is 18.7. The molecular formula is C13H19NO2S. The highest BCUT2D eigenvalue weighted by atomic mass is 32.1. The Morgan fingerprint density at radius 2 is 2.41 bits per heavy atom. The van der Waals surface area contributed by atoms with Crippen molar-refractivity contribution in [3.63, 3.8) is 0 Å². The molecule has 1 aromatic rings. The summed E-state index contributed by atoms with van der Waals surface area (Å²) in [6.45, 7) is 2.12. The molecule has 4 heteroatoms. The van der Waals surface area contributed by atoms with E-state index in [-0.39, 0.29) is 12.0 Å². The molecule has 1 N–H and O–H groups in total. The minimum atomic E-state index is -0.121. The van der Waals surface area contributed by atoms with Crippen LogP contribution < -0.4 is 5.32 Å². The minimum Gasteiger partial charge on any atom is -0.468 e. The van der Waals surface area contributed by atoms with Crippen molar-refractivity contribution in [2.75, 3.05) is 7.11 Å². The summed E-state index contributed by atoms with van der Waals surface area (Å²) in [6.07, 6.45) is 3.24. The summed E-state index contributed by atoms with van der Waals surface area (Å²) in [5, 5.41) is 7.64. The van der Waals surface area contributed by atoms with Crippen molar-refractivity contribution in [2.45, 2.75) is 38.3 Å². The second kappa shape index (κ2) is 5.65. The van der Waals surface area contributed by atoms with Crippen LogP contribution in [0.3, 0.4) is 0 Å². The first-order valence-electron chi connectivity index (χ1n) is 6.05. The van der Waals surface area contributed by atoms with Crippen LogP contribution in [-0.2, 0) is 16.0 Å². The first-order valence-corrected chi connectivity index (χ1v) is 7.00. The Balaban J connectivity index is 1.86. The zero-order chi connectivity index (χ0) is 12.3. The first-order chi connectivity index (χ1) is 8.20. The van der Waals surface area contributed by atoms with E-state index in [1.54, 1.807) is 11.3 Å². The Bertz CT molecular complexity index is 360. The third-order valence-corrected chi connectivity index (χ3v) is 3.87. The summed E-state index contributed by atoms with van der Waals surface area (Å²) < 4.78 is 4.85. The summed E-state index contributed by atoms with van der Waals surface area (Å²) in [6, 6.07) is 2.32. The van der Waals surface area contributed by atoms with Crippen LogP contribution in [0.2, 0.25) is 0 Å². The summed E-state index contributed by atoms with van der Waals surface area (Å²) in [7, 11) is 1.46. The number of carbonyl (C=O) groups is 1. The van der Waals surface area contributed by atoms with Gasteiger partial charge in [-0.3, -0.25) is 4.79 Å². The van der Waals surface area contributed by atoms with Gasteiger partial charge in [0, 0.05) is 6.04 Å². The van der Waals surface area contributed by atoms with Crippen molar-refractivity contribution in [1.82, 2.24) is 5.32 Å². The molecule has 1 aromatic heterocycles. The van der Waals surface area contributed by atoms with Crippen molar-refractivity contribution in [2.24, 2.45) is 5.92 Å². The van der Waals surface area contributed by atoms with Crippen molar-refractivity contribution < 1.29 is 9.53 Å². The Labute approximate surface area is 106 Å². The lowest BCUT2D eigenvalue weighted by Crippen LogP contribution is -2.45. The van der Waals surface area contributed by atoms with Crippen molar-refractivity contribution in [3.8, 4) is 0 Å². The first kappa shape index (κ1) is 12.6. The van der Waals surface area contributed by atoms with Crippen molar-refractivity contribution in [3.05, 3.63) is 22.4 Å². The second-order valence-corrected chi connectivity index (χ2v) is 5.52. The molecule has 2 unspecified atom stereocenters. The van der Waals surface area contributed by atoms with Crippen LogP contribution in [-0.4, -0.2) is 25.2 Å². The fourth-order valence-electron chi connectivity index (χ4n) is 2.08. The van der Waals surface area contributed by atoms with Crippen LogP contribution in [0.4, 0.5) is 0 Å². The van der Waals surface area contributed by atoms with Gasteiger partial charge in [0.1, 0.15) is 6.04 Å². The number of ether oxygens (including phenoxy) is 1. The lowest BCUT2D eigenvalue weighted by Gasteiger charge is -2.21. The van der Waals surface area contributed by atoms with E-state index >= 15 is 0 Å². The number of carbonyl (C=O) groups excluding carboxylic acids is 1. The van der Waals surface area contributed by atoms with Gasteiger partial charge >= 0.3 is 5.97 Å². The summed E-state index contributed by atoms with van der Waals surface area (Å²) in [5.41, 5.74) is 1.33. The molecule has 2 atom stereocenters. The van der Waals surface area contributed by atoms with E-state index < -0.39 is 0 Å². The van der Waals surface area contributed by atoms with Crippen LogP contribution in [0.5, 0.6) is 0 Å². The van der Waals surface area contributed by atoms with E-state index in [0.717, 1.165) is 19.3 Å². The fraction of sp³-hybridized carbons (Fsp3) is 0.615. The molecule has 1 saturated carbocycles. The van der Waals surface area contributed by atoms with Gasteiger partial charge in [0.05, 0.1) is 7.11 Å². The molecule has 0 radical (unpaired) electrons. The van der Waals surface area contributed by atoms with Crippen LogP contribution in [0, 0.1) is 5.92 Å². The van der Waals surface area contributed by atoms with Gasteiger partial charge in [0.15, 0.2) is 0 Å². The van der Waals surface area contributed by atoms with Gasteiger partial charge in [-0.25, -0.2) is 0 Å². The maximum atomic E-state index is 11.6. The molecule has 1 fully saturated rings.